The van der Waals surface area contributed by atoms with Crippen LogP contribution in [0.2, 0.25) is 5.02 Å². The molecule has 8 heteroatoms. The number of rotatable bonds is 4. The highest BCUT2D eigenvalue weighted by atomic mass is 35.5. The van der Waals surface area contributed by atoms with Crippen LogP contribution in [0.3, 0.4) is 0 Å². The van der Waals surface area contributed by atoms with Gasteiger partial charge in [0, 0.05) is 17.5 Å². The summed E-state index contributed by atoms with van der Waals surface area (Å²) in [7, 11) is 0. The fraction of sp³-hybridized carbons (Fsp3) is 0.0556. The molecule has 0 aliphatic carbocycles. The number of carbonyl (C=O) groups excluding carboxylic acids is 2. The van der Waals surface area contributed by atoms with E-state index in [1.165, 1.54) is 30.3 Å². The maximum atomic E-state index is 13.2. The molecule has 132 valence electrons. The summed E-state index contributed by atoms with van der Waals surface area (Å²) in [5, 5.41) is 12.8. The number of nitrogens with one attached hydrogen (secondary N) is 1. The minimum atomic E-state index is -0.957. The minimum Gasteiger partial charge on any atom is -0.425 e. The van der Waals surface area contributed by atoms with Crippen LogP contribution in [-0.2, 0) is 6.54 Å². The molecule has 3 rings (SSSR count). The quantitative estimate of drug-likeness (QED) is 0.543. The molecule has 0 saturated heterocycles. The summed E-state index contributed by atoms with van der Waals surface area (Å²) in [5.74, 6) is -1.30. The molecule has 0 radical (unpaired) electrons. The van der Waals surface area contributed by atoms with E-state index in [0.29, 0.717) is 17.2 Å². The van der Waals surface area contributed by atoms with E-state index in [9.17, 15) is 24.0 Å². The Morgan fingerprint density at radius 3 is 2.73 bits per heavy atom. The SMILES string of the molecule is O=Cc1cccc2cc(C(=O)NCc3ccc(F)c(Cl)c3)c(=O)n(O)c12. The van der Waals surface area contributed by atoms with Crippen molar-refractivity contribution in [2.24, 2.45) is 0 Å². The van der Waals surface area contributed by atoms with E-state index >= 15 is 0 Å². The maximum Gasteiger partial charge on any atom is 0.296 e. The Labute approximate surface area is 151 Å². The lowest BCUT2D eigenvalue weighted by molar-refractivity contribution is 0.0943. The van der Waals surface area contributed by atoms with Gasteiger partial charge in [0.2, 0.25) is 0 Å². The number of pyridine rings is 1. The molecule has 1 aromatic heterocycles. The summed E-state index contributed by atoms with van der Waals surface area (Å²) in [6, 6.07) is 9.84. The summed E-state index contributed by atoms with van der Waals surface area (Å²) in [6.45, 7) is 0.0100. The van der Waals surface area contributed by atoms with Crippen molar-refractivity contribution in [1.82, 2.24) is 10.0 Å². The number of carbonyl (C=O) groups is 2. The minimum absolute atomic E-state index is 0.0100. The second-order valence-electron chi connectivity index (χ2n) is 5.51. The lowest BCUT2D eigenvalue weighted by Crippen LogP contribution is -2.32. The fourth-order valence-electron chi connectivity index (χ4n) is 2.56. The van der Waals surface area contributed by atoms with Gasteiger partial charge >= 0.3 is 0 Å². The molecule has 0 aliphatic rings. The first-order valence-electron chi connectivity index (χ1n) is 7.47. The number of nitrogens with zero attached hydrogens (tertiary/aromatic N) is 1. The van der Waals surface area contributed by atoms with Crippen LogP contribution >= 0.6 is 11.6 Å². The van der Waals surface area contributed by atoms with Gasteiger partial charge in [-0.25, -0.2) is 4.39 Å². The number of amides is 1. The van der Waals surface area contributed by atoms with Crippen LogP contribution in [0.1, 0.15) is 26.3 Å². The topological polar surface area (TPSA) is 88.4 Å². The molecule has 0 bridgehead atoms. The summed E-state index contributed by atoms with van der Waals surface area (Å²) in [6.07, 6.45) is 0.506. The lowest BCUT2D eigenvalue weighted by Gasteiger charge is -2.10. The Balaban J connectivity index is 1.93. The van der Waals surface area contributed by atoms with Crippen LogP contribution in [0.25, 0.3) is 10.9 Å². The molecule has 2 aromatic carbocycles. The third-order valence-corrected chi connectivity index (χ3v) is 4.13. The van der Waals surface area contributed by atoms with Gasteiger partial charge in [0.05, 0.1) is 5.02 Å². The number of hydrogen-bond acceptors (Lipinski definition) is 4. The first-order valence-corrected chi connectivity index (χ1v) is 7.85. The highest BCUT2D eigenvalue weighted by molar-refractivity contribution is 6.30. The molecule has 26 heavy (non-hydrogen) atoms. The van der Waals surface area contributed by atoms with E-state index in [-0.39, 0.29) is 32.9 Å². The zero-order valence-electron chi connectivity index (χ0n) is 13.2. The van der Waals surface area contributed by atoms with E-state index < -0.39 is 17.3 Å². The summed E-state index contributed by atoms with van der Waals surface area (Å²) in [4.78, 5) is 35.7. The second-order valence-corrected chi connectivity index (χ2v) is 5.92. The van der Waals surface area contributed by atoms with Crippen molar-refractivity contribution in [3.63, 3.8) is 0 Å². The Kier molecular flexibility index (Phi) is 4.73. The van der Waals surface area contributed by atoms with Crippen molar-refractivity contribution >= 4 is 34.7 Å². The molecule has 0 unspecified atom stereocenters. The average Bonchev–Trinajstić information content (AvgIpc) is 2.64. The van der Waals surface area contributed by atoms with Crippen LogP contribution in [0.5, 0.6) is 0 Å². The summed E-state index contributed by atoms with van der Waals surface area (Å²) in [5.41, 5.74) is -0.569. The number of aromatic nitrogens is 1. The highest BCUT2D eigenvalue weighted by Crippen LogP contribution is 2.17. The van der Waals surface area contributed by atoms with Crippen LogP contribution in [0.4, 0.5) is 4.39 Å². The Bertz CT molecular complexity index is 1090. The van der Waals surface area contributed by atoms with Crippen LogP contribution in [-0.4, -0.2) is 22.1 Å². The second kappa shape index (κ2) is 6.97. The van der Waals surface area contributed by atoms with Crippen molar-refractivity contribution < 1.29 is 19.2 Å². The Morgan fingerprint density at radius 2 is 2.04 bits per heavy atom. The number of aldehydes is 1. The monoisotopic (exact) mass is 374 g/mol. The van der Waals surface area contributed by atoms with E-state index in [1.54, 1.807) is 12.1 Å². The van der Waals surface area contributed by atoms with Crippen LogP contribution < -0.4 is 10.9 Å². The van der Waals surface area contributed by atoms with Crippen molar-refractivity contribution in [1.29, 1.82) is 0 Å². The van der Waals surface area contributed by atoms with Gasteiger partial charge in [0.15, 0.2) is 6.29 Å². The number of halogens is 2. The van der Waals surface area contributed by atoms with E-state index in [2.05, 4.69) is 5.32 Å². The lowest BCUT2D eigenvalue weighted by atomic mass is 10.1. The number of hydrogen-bond donors (Lipinski definition) is 2. The van der Waals surface area contributed by atoms with Crippen LogP contribution in [0.15, 0.2) is 47.3 Å². The summed E-state index contributed by atoms with van der Waals surface area (Å²) >= 11 is 5.68. The summed E-state index contributed by atoms with van der Waals surface area (Å²) < 4.78 is 13.4. The smallest absolute Gasteiger partial charge is 0.296 e. The molecular weight excluding hydrogens is 363 g/mol. The number of benzene rings is 2. The van der Waals surface area contributed by atoms with Gasteiger partial charge in [-0.05, 0) is 29.8 Å². The fourth-order valence-corrected chi connectivity index (χ4v) is 2.76. The first kappa shape index (κ1) is 17.6. The number of para-hydroxylation sites is 1. The zero-order chi connectivity index (χ0) is 18.8. The Morgan fingerprint density at radius 1 is 1.27 bits per heavy atom. The predicted octanol–water partition coefficient (Wildman–Crippen LogP) is 2.77. The van der Waals surface area contributed by atoms with Crippen LogP contribution in [0, 0.1) is 5.82 Å². The first-order chi connectivity index (χ1) is 12.4. The van der Waals surface area contributed by atoms with E-state index in [0.717, 1.165) is 0 Å². The molecule has 0 fully saturated rings. The van der Waals surface area contributed by atoms with E-state index in [4.69, 9.17) is 11.6 Å². The van der Waals surface area contributed by atoms with Gasteiger partial charge < -0.3 is 10.5 Å². The molecule has 0 atom stereocenters. The maximum absolute atomic E-state index is 13.2. The highest BCUT2D eigenvalue weighted by Gasteiger charge is 2.17. The third-order valence-electron chi connectivity index (χ3n) is 3.84. The molecule has 1 amide bonds. The molecule has 1 heterocycles. The molecule has 3 aromatic rings. The normalized spacial score (nSPS) is 10.7. The molecule has 6 nitrogen and oxygen atoms in total. The predicted molar refractivity (Wildman–Crippen MR) is 93.4 cm³/mol. The molecular formula is C18H12ClFN2O4. The van der Waals surface area contributed by atoms with Gasteiger partial charge in [-0.1, -0.05) is 29.8 Å². The van der Waals surface area contributed by atoms with E-state index in [1.807, 2.05) is 0 Å². The molecule has 2 N–H and O–H groups in total. The van der Waals surface area contributed by atoms with Crippen molar-refractivity contribution in [3.8, 4) is 0 Å². The standard InChI is InChI=1S/C18H12ClFN2O4/c19-14-6-10(4-5-15(14)20)8-21-17(24)13-7-11-2-1-3-12(9-23)16(11)22(26)18(13)25/h1-7,9,26H,8H2,(H,21,24). The Hall–Kier alpha value is -3.19. The van der Waals surface area contributed by atoms with Gasteiger partial charge in [-0.2, -0.15) is 0 Å². The largest absolute Gasteiger partial charge is 0.425 e. The third kappa shape index (κ3) is 3.16. The zero-order valence-corrected chi connectivity index (χ0v) is 14.0. The average molecular weight is 375 g/mol. The van der Waals surface area contributed by atoms with Gasteiger partial charge in [-0.3, -0.25) is 14.4 Å². The van der Waals surface area contributed by atoms with Gasteiger partial charge in [-0.15, -0.1) is 4.73 Å². The van der Waals surface area contributed by atoms with Crippen molar-refractivity contribution in [2.45, 2.75) is 6.54 Å². The van der Waals surface area contributed by atoms with Gasteiger partial charge in [0.25, 0.3) is 11.5 Å². The number of fused-ring (bicyclic) bond motifs is 1. The molecule has 0 aliphatic heterocycles. The molecule has 0 spiro atoms. The van der Waals surface area contributed by atoms with Crippen molar-refractivity contribution in [3.05, 3.63) is 80.3 Å². The molecule has 0 saturated carbocycles. The van der Waals surface area contributed by atoms with Gasteiger partial charge in [0.1, 0.15) is 16.9 Å². The van der Waals surface area contributed by atoms with Crippen molar-refractivity contribution in [2.75, 3.05) is 0 Å².